The van der Waals surface area contributed by atoms with Gasteiger partial charge in [-0.1, -0.05) is 42.5 Å². The molecule has 0 bridgehead atoms. The minimum Gasteiger partial charge on any atom is -0.486 e. The van der Waals surface area contributed by atoms with E-state index in [1.165, 1.54) is 11.6 Å². The van der Waals surface area contributed by atoms with Crippen molar-refractivity contribution in [3.63, 3.8) is 0 Å². The van der Waals surface area contributed by atoms with Crippen LogP contribution in [0.1, 0.15) is 38.3 Å². The van der Waals surface area contributed by atoms with Crippen LogP contribution in [0, 0.1) is 5.82 Å². The highest BCUT2D eigenvalue weighted by Crippen LogP contribution is 2.24. The average Bonchev–Trinajstić information content (AvgIpc) is 2.78. The van der Waals surface area contributed by atoms with E-state index in [0.717, 1.165) is 31.9 Å². The summed E-state index contributed by atoms with van der Waals surface area (Å²) in [6.07, 6.45) is 1.95. The first-order valence-corrected chi connectivity index (χ1v) is 10.7. The van der Waals surface area contributed by atoms with Crippen molar-refractivity contribution in [3.8, 4) is 5.75 Å². The first kappa shape index (κ1) is 22.1. The monoisotopic (exact) mass is 412 g/mol. The Morgan fingerprint density at radius 3 is 2.43 bits per heavy atom. The van der Waals surface area contributed by atoms with Gasteiger partial charge in [-0.05, 0) is 44.4 Å². The summed E-state index contributed by atoms with van der Waals surface area (Å²) >= 11 is 0. The lowest BCUT2D eigenvalue weighted by molar-refractivity contribution is 0.158. The number of benzene rings is 2. The van der Waals surface area contributed by atoms with Gasteiger partial charge >= 0.3 is 0 Å². The van der Waals surface area contributed by atoms with E-state index in [4.69, 9.17) is 4.74 Å². The SMILES string of the molecule is CN=C(NCC(C)Oc1ccccc1F)NC1CCN(C(C)c2ccccc2)CC1. The Bertz CT molecular complexity index is 806. The number of guanidine groups is 1. The topological polar surface area (TPSA) is 48.9 Å². The third-order valence-corrected chi connectivity index (χ3v) is 5.65. The molecule has 2 unspecified atom stereocenters. The third-order valence-electron chi connectivity index (χ3n) is 5.65. The second kappa shape index (κ2) is 11.0. The molecule has 5 nitrogen and oxygen atoms in total. The van der Waals surface area contributed by atoms with Crippen molar-refractivity contribution in [1.29, 1.82) is 0 Å². The van der Waals surface area contributed by atoms with E-state index in [0.29, 0.717) is 18.6 Å². The Morgan fingerprint density at radius 2 is 1.77 bits per heavy atom. The Balaban J connectivity index is 1.41. The summed E-state index contributed by atoms with van der Waals surface area (Å²) in [7, 11) is 1.77. The number of para-hydroxylation sites is 1. The zero-order chi connectivity index (χ0) is 21.3. The van der Waals surface area contributed by atoms with E-state index >= 15 is 0 Å². The van der Waals surface area contributed by atoms with E-state index in [1.807, 2.05) is 6.92 Å². The Hall–Kier alpha value is -2.60. The number of ether oxygens (including phenoxy) is 1. The van der Waals surface area contributed by atoms with E-state index < -0.39 is 0 Å². The number of nitrogens with one attached hydrogen (secondary N) is 2. The summed E-state index contributed by atoms with van der Waals surface area (Å²) in [5, 5.41) is 6.81. The van der Waals surface area contributed by atoms with Crippen LogP contribution in [0.15, 0.2) is 59.6 Å². The van der Waals surface area contributed by atoms with Gasteiger partial charge in [0.2, 0.25) is 0 Å². The number of hydrogen-bond acceptors (Lipinski definition) is 3. The molecule has 6 heteroatoms. The van der Waals surface area contributed by atoms with Gasteiger partial charge in [0.25, 0.3) is 0 Å². The molecule has 0 spiro atoms. The number of aliphatic imine (C=N–C) groups is 1. The molecule has 1 aliphatic heterocycles. The summed E-state index contributed by atoms with van der Waals surface area (Å²) in [5.74, 6) is 0.687. The lowest BCUT2D eigenvalue weighted by Gasteiger charge is -2.37. The molecule has 1 aliphatic rings. The van der Waals surface area contributed by atoms with Gasteiger partial charge < -0.3 is 15.4 Å². The summed E-state index contributed by atoms with van der Waals surface area (Å²) in [6.45, 7) is 6.84. The minimum absolute atomic E-state index is 0.186. The van der Waals surface area contributed by atoms with Crippen molar-refractivity contribution in [3.05, 3.63) is 66.0 Å². The fraction of sp³-hybridized carbons (Fsp3) is 0.458. The average molecular weight is 413 g/mol. The van der Waals surface area contributed by atoms with E-state index in [1.54, 1.807) is 25.2 Å². The lowest BCUT2D eigenvalue weighted by Crippen LogP contribution is -2.50. The van der Waals surface area contributed by atoms with Crippen LogP contribution in [-0.2, 0) is 0 Å². The molecular weight excluding hydrogens is 379 g/mol. The summed E-state index contributed by atoms with van der Waals surface area (Å²) < 4.78 is 19.4. The molecule has 1 fully saturated rings. The van der Waals surface area contributed by atoms with Gasteiger partial charge in [-0.3, -0.25) is 9.89 Å². The van der Waals surface area contributed by atoms with E-state index in [2.05, 4.69) is 57.8 Å². The Morgan fingerprint density at radius 1 is 1.10 bits per heavy atom. The van der Waals surface area contributed by atoms with E-state index in [-0.39, 0.29) is 17.7 Å². The van der Waals surface area contributed by atoms with Gasteiger partial charge in [0.15, 0.2) is 17.5 Å². The highest BCUT2D eigenvalue weighted by molar-refractivity contribution is 5.80. The third kappa shape index (κ3) is 6.20. The lowest BCUT2D eigenvalue weighted by atomic mass is 10.0. The Kier molecular flexibility index (Phi) is 8.08. The fourth-order valence-electron chi connectivity index (χ4n) is 3.80. The van der Waals surface area contributed by atoms with Crippen molar-refractivity contribution >= 4 is 5.96 Å². The predicted molar refractivity (Wildman–Crippen MR) is 120 cm³/mol. The minimum atomic E-state index is -0.344. The quantitative estimate of drug-likeness (QED) is 0.533. The van der Waals surface area contributed by atoms with Crippen LogP contribution in [0.2, 0.25) is 0 Å². The van der Waals surface area contributed by atoms with Gasteiger partial charge in [-0.15, -0.1) is 0 Å². The molecule has 2 atom stereocenters. The van der Waals surface area contributed by atoms with Gasteiger partial charge in [0.1, 0.15) is 6.10 Å². The summed E-state index contributed by atoms with van der Waals surface area (Å²) in [5.41, 5.74) is 1.37. The molecule has 1 saturated heterocycles. The number of nitrogens with zero attached hydrogens (tertiary/aromatic N) is 2. The first-order chi connectivity index (χ1) is 14.6. The molecule has 3 rings (SSSR count). The van der Waals surface area contributed by atoms with Gasteiger partial charge in [-0.25, -0.2) is 4.39 Å². The fourth-order valence-corrected chi connectivity index (χ4v) is 3.80. The second-order valence-corrected chi connectivity index (χ2v) is 7.85. The molecule has 2 aromatic carbocycles. The largest absolute Gasteiger partial charge is 0.486 e. The molecule has 0 aromatic heterocycles. The van der Waals surface area contributed by atoms with Crippen LogP contribution in [0.5, 0.6) is 5.75 Å². The van der Waals surface area contributed by atoms with Crippen LogP contribution in [0.25, 0.3) is 0 Å². The highest BCUT2D eigenvalue weighted by Gasteiger charge is 2.24. The zero-order valence-corrected chi connectivity index (χ0v) is 18.1. The maximum atomic E-state index is 13.7. The maximum absolute atomic E-state index is 13.7. The first-order valence-electron chi connectivity index (χ1n) is 10.7. The smallest absolute Gasteiger partial charge is 0.191 e. The summed E-state index contributed by atoms with van der Waals surface area (Å²) in [6, 6.07) is 18.0. The maximum Gasteiger partial charge on any atom is 0.191 e. The number of hydrogen-bond donors (Lipinski definition) is 2. The van der Waals surface area contributed by atoms with Crippen molar-refractivity contribution < 1.29 is 9.13 Å². The molecule has 162 valence electrons. The molecule has 30 heavy (non-hydrogen) atoms. The highest BCUT2D eigenvalue weighted by atomic mass is 19.1. The van der Waals surface area contributed by atoms with Gasteiger partial charge in [-0.2, -0.15) is 0 Å². The predicted octanol–water partition coefficient (Wildman–Crippen LogP) is 3.98. The number of piperidine rings is 1. The van der Waals surface area contributed by atoms with Crippen LogP contribution in [0.3, 0.4) is 0 Å². The molecule has 0 aliphatic carbocycles. The zero-order valence-electron chi connectivity index (χ0n) is 18.1. The van der Waals surface area contributed by atoms with Crippen molar-refractivity contribution in [2.45, 2.75) is 44.9 Å². The Labute approximate surface area is 179 Å². The normalized spacial score (nSPS) is 17.9. The van der Waals surface area contributed by atoms with Crippen LogP contribution < -0.4 is 15.4 Å². The van der Waals surface area contributed by atoms with Gasteiger partial charge in [0.05, 0.1) is 6.54 Å². The van der Waals surface area contributed by atoms with Gasteiger partial charge in [0, 0.05) is 32.2 Å². The molecule has 0 radical (unpaired) electrons. The molecule has 2 N–H and O–H groups in total. The van der Waals surface area contributed by atoms with E-state index in [9.17, 15) is 4.39 Å². The standard InChI is InChI=1S/C24H33FN4O/c1-18(30-23-12-8-7-11-22(23)25)17-27-24(26-3)28-21-13-15-29(16-14-21)19(2)20-9-5-4-6-10-20/h4-12,18-19,21H,13-17H2,1-3H3,(H2,26,27,28). The molecular formula is C24H33FN4O. The molecule has 1 heterocycles. The second-order valence-electron chi connectivity index (χ2n) is 7.85. The number of likely N-dealkylation sites (tertiary alicyclic amines) is 1. The van der Waals surface area contributed by atoms with Crippen molar-refractivity contribution in [2.24, 2.45) is 4.99 Å². The van der Waals surface area contributed by atoms with Crippen LogP contribution in [0.4, 0.5) is 4.39 Å². The number of halogens is 1. The number of rotatable bonds is 7. The van der Waals surface area contributed by atoms with Crippen molar-refractivity contribution in [1.82, 2.24) is 15.5 Å². The molecule has 0 saturated carbocycles. The molecule has 2 aromatic rings. The van der Waals surface area contributed by atoms with Crippen LogP contribution in [-0.4, -0.2) is 49.7 Å². The van der Waals surface area contributed by atoms with Crippen molar-refractivity contribution in [2.75, 3.05) is 26.7 Å². The molecule has 0 amide bonds. The summed E-state index contributed by atoms with van der Waals surface area (Å²) in [4.78, 5) is 6.87. The van der Waals surface area contributed by atoms with Crippen LogP contribution >= 0.6 is 0 Å².